The van der Waals surface area contributed by atoms with Crippen LogP contribution in [0, 0.1) is 5.92 Å². The van der Waals surface area contributed by atoms with Gasteiger partial charge in [0.15, 0.2) is 0 Å². The third kappa shape index (κ3) is 6.42. The summed E-state index contributed by atoms with van der Waals surface area (Å²) in [7, 11) is 0. The molecule has 0 bridgehead atoms. The summed E-state index contributed by atoms with van der Waals surface area (Å²) in [5, 5.41) is 2.81. The number of aromatic nitrogens is 1. The average Bonchev–Trinajstić information content (AvgIpc) is 2.32. The Labute approximate surface area is 111 Å². The van der Waals surface area contributed by atoms with Crippen molar-refractivity contribution < 1.29 is 17.9 Å². The summed E-state index contributed by atoms with van der Waals surface area (Å²) in [5.41, 5.74) is -0.703. The Bertz CT molecular complexity index is 380. The van der Waals surface area contributed by atoms with Gasteiger partial charge in [-0.05, 0) is 24.5 Å². The van der Waals surface area contributed by atoms with Gasteiger partial charge >= 0.3 is 6.18 Å². The van der Waals surface area contributed by atoms with Crippen molar-refractivity contribution in [3.63, 3.8) is 0 Å². The van der Waals surface area contributed by atoms with Gasteiger partial charge in [-0.15, -0.1) is 0 Å². The van der Waals surface area contributed by atoms with Crippen molar-refractivity contribution in [2.45, 2.75) is 26.4 Å². The van der Waals surface area contributed by atoms with Crippen molar-refractivity contribution in [2.75, 3.05) is 25.1 Å². The number of nitrogens with zero attached hydrogens (tertiary/aromatic N) is 1. The number of hydrogen-bond donors (Lipinski definition) is 1. The number of pyridine rings is 1. The minimum atomic E-state index is -4.34. The van der Waals surface area contributed by atoms with Gasteiger partial charge in [0.1, 0.15) is 5.82 Å². The van der Waals surface area contributed by atoms with Gasteiger partial charge in [-0.3, -0.25) is 0 Å². The topological polar surface area (TPSA) is 34.1 Å². The van der Waals surface area contributed by atoms with Crippen LogP contribution in [0.25, 0.3) is 0 Å². The van der Waals surface area contributed by atoms with E-state index in [4.69, 9.17) is 4.74 Å². The minimum Gasteiger partial charge on any atom is -0.380 e. The Kier molecular flexibility index (Phi) is 6.08. The third-order valence-corrected chi connectivity index (χ3v) is 2.48. The molecule has 19 heavy (non-hydrogen) atoms. The molecule has 0 aliphatic carbocycles. The zero-order chi connectivity index (χ0) is 14.3. The fourth-order valence-corrected chi connectivity index (χ4v) is 1.38. The number of anilines is 1. The summed E-state index contributed by atoms with van der Waals surface area (Å²) in [6.45, 7) is 5.76. The second-order valence-corrected chi connectivity index (χ2v) is 4.65. The fourth-order valence-electron chi connectivity index (χ4n) is 1.38. The van der Waals surface area contributed by atoms with Gasteiger partial charge in [0.25, 0.3) is 0 Å². The largest absolute Gasteiger partial charge is 0.416 e. The van der Waals surface area contributed by atoms with Gasteiger partial charge in [-0.2, -0.15) is 13.2 Å². The summed E-state index contributed by atoms with van der Waals surface area (Å²) in [6, 6.07) is 1.94. The Morgan fingerprint density at radius 1 is 1.32 bits per heavy atom. The van der Waals surface area contributed by atoms with Crippen LogP contribution in [0.4, 0.5) is 19.0 Å². The van der Waals surface area contributed by atoms with Crippen molar-refractivity contribution in [1.29, 1.82) is 0 Å². The Hall–Kier alpha value is -1.30. The molecule has 0 atom stereocenters. The number of nitrogens with one attached hydrogen (secondary N) is 1. The molecule has 0 unspecified atom stereocenters. The highest BCUT2D eigenvalue weighted by molar-refractivity contribution is 5.38. The summed E-state index contributed by atoms with van der Waals surface area (Å²) in [5.74, 6) is 0.792. The summed E-state index contributed by atoms with van der Waals surface area (Å²) >= 11 is 0. The first kappa shape index (κ1) is 15.8. The van der Waals surface area contributed by atoms with Crippen LogP contribution in [0.15, 0.2) is 18.3 Å². The predicted octanol–water partition coefficient (Wildman–Crippen LogP) is 3.58. The van der Waals surface area contributed by atoms with Gasteiger partial charge in [0.2, 0.25) is 0 Å². The maximum absolute atomic E-state index is 12.5. The zero-order valence-electron chi connectivity index (χ0n) is 11.1. The second kappa shape index (κ2) is 7.33. The predicted molar refractivity (Wildman–Crippen MR) is 68.0 cm³/mol. The lowest BCUT2D eigenvalue weighted by molar-refractivity contribution is -0.137. The highest BCUT2D eigenvalue weighted by Crippen LogP contribution is 2.29. The molecule has 0 saturated heterocycles. The van der Waals surface area contributed by atoms with E-state index in [0.29, 0.717) is 25.7 Å². The van der Waals surface area contributed by atoms with E-state index in [9.17, 15) is 13.2 Å². The molecule has 1 heterocycles. The van der Waals surface area contributed by atoms with Crippen LogP contribution < -0.4 is 5.32 Å². The van der Waals surface area contributed by atoms with E-state index in [-0.39, 0.29) is 5.82 Å². The first-order valence-corrected chi connectivity index (χ1v) is 6.24. The van der Waals surface area contributed by atoms with Crippen molar-refractivity contribution in [3.05, 3.63) is 23.9 Å². The number of ether oxygens (including phenoxy) is 1. The van der Waals surface area contributed by atoms with Gasteiger partial charge in [-0.1, -0.05) is 13.8 Å². The SMILES string of the molecule is CC(C)CCOCCNc1cc(C(F)(F)F)ccn1. The van der Waals surface area contributed by atoms with E-state index < -0.39 is 11.7 Å². The smallest absolute Gasteiger partial charge is 0.380 e. The van der Waals surface area contributed by atoms with Crippen LogP contribution >= 0.6 is 0 Å². The second-order valence-electron chi connectivity index (χ2n) is 4.65. The van der Waals surface area contributed by atoms with Gasteiger partial charge in [0.05, 0.1) is 12.2 Å². The molecular formula is C13H19F3N2O. The third-order valence-electron chi connectivity index (χ3n) is 2.48. The lowest BCUT2D eigenvalue weighted by Crippen LogP contribution is -2.13. The lowest BCUT2D eigenvalue weighted by atomic mass is 10.1. The Morgan fingerprint density at radius 2 is 2.05 bits per heavy atom. The standard InChI is InChI=1S/C13H19F3N2O/c1-10(2)4-7-19-8-6-18-12-9-11(3-5-17-12)13(14,15)16/h3,5,9-10H,4,6-8H2,1-2H3,(H,17,18). The van der Waals surface area contributed by atoms with E-state index in [0.717, 1.165) is 24.8 Å². The molecule has 0 aliphatic heterocycles. The van der Waals surface area contributed by atoms with Crippen molar-refractivity contribution in [1.82, 2.24) is 4.98 Å². The number of hydrogen-bond acceptors (Lipinski definition) is 3. The first-order chi connectivity index (χ1) is 8.89. The molecule has 0 saturated carbocycles. The zero-order valence-corrected chi connectivity index (χ0v) is 11.1. The maximum Gasteiger partial charge on any atom is 0.416 e. The molecule has 0 aliphatic rings. The van der Waals surface area contributed by atoms with Crippen molar-refractivity contribution in [3.8, 4) is 0 Å². The highest BCUT2D eigenvalue weighted by atomic mass is 19.4. The molecule has 3 nitrogen and oxygen atoms in total. The van der Waals surface area contributed by atoms with E-state index in [1.54, 1.807) is 0 Å². The van der Waals surface area contributed by atoms with E-state index in [1.807, 2.05) is 0 Å². The average molecular weight is 276 g/mol. The lowest BCUT2D eigenvalue weighted by Gasteiger charge is -2.10. The number of alkyl halides is 3. The molecule has 1 rings (SSSR count). The molecule has 1 aromatic heterocycles. The van der Waals surface area contributed by atoms with Gasteiger partial charge in [0, 0.05) is 19.3 Å². The molecule has 6 heteroatoms. The molecule has 0 spiro atoms. The van der Waals surface area contributed by atoms with Crippen LogP contribution in [-0.4, -0.2) is 24.7 Å². The first-order valence-electron chi connectivity index (χ1n) is 6.24. The van der Waals surface area contributed by atoms with Gasteiger partial charge < -0.3 is 10.1 Å². The molecule has 0 radical (unpaired) electrons. The molecule has 1 aromatic rings. The number of halogens is 3. The summed E-state index contributed by atoms with van der Waals surface area (Å²) < 4.78 is 42.7. The summed E-state index contributed by atoms with van der Waals surface area (Å²) in [4.78, 5) is 3.83. The molecule has 0 fully saturated rings. The monoisotopic (exact) mass is 276 g/mol. The molecule has 1 N–H and O–H groups in total. The van der Waals surface area contributed by atoms with Crippen LogP contribution in [0.5, 0.6) is 0 Å². The molecule has 0 amide bonds. The van der Waals surface area contributed by atoms with Crippen LogP contribution in [-0.2, 0) is 10.9 Å². The molecular weight excluding hydrogens is 257 g/mol. The quantitative estimate of drug-likeness (QED) is 0.773. The fraction of sp³-hybridized carbons (Fsp3) is 0.615. The van der Waals surface area contributed by atoms with Crippen molar-refractivity contribution in [2.24, 2.45) is 5.92 Å². The maximum atomic E-state index is 12.5. The van der Waals surface area contributed by atoms with Crippen molar-refractivity contribution >= 4 is 5.82 Å². The van der Waals surface area contributed by atoms with Crippen LogP contribution in [0.2, 0.25) is 0 Å². The molecule has 108 valence electrons. The van der Waals surface area contributed by atoms with E-state index >= 15 is 0 Å². The van der Waals surface area contributed by atoms with E-state index in [2.05, 4.69) is 24.1 Å². The summed E-state index contributed by atoms with van der Waals surface area (Å²) in [6.07, 6.45) is -2.22. The molecule has 0 aromatic carbocycles. The normalized spacial score (nSPS) is 11.9. The number of rotatable bonds is 7. The van der Waals surface area contributed by atoms with Crippen LogP contribution in [0.3, 0.4) is 0 Å². The minimum absolute atomic E-state index is 0.210. The highest BCUT2D eigenvalue weighted by Gasteiger charge is 2.30. The van der Waals surface area contributed by atoms with E-state index in [1.165, 1.54) is 0 Å². The van der Waals surface area contributed by atoms with Gasteiger partial charge in [-0.25, -0.2) is 4.98 Å². The Balaban J connectivity index is 2.30. The Morgan fingerprint density at radius 3 is 2.68 bits per heavy atom. The van der Waals surface area contributed by atoms with Crippen LogP contribution in [0.1, 0.15) is 25.8 Å².